The first-order chi connectivity index (χ1) is 22.1. The Bertz CT molecular complexity index is 1220. The van der Waals surface area contributed by atoms with Gasteiger partial charge in [-0.05, 0) is 23.1 Å². The monoisotopic (exact) mass is 653 g/mol. The van der Waals surface area contributed by atoms with Crippen LogP contribution in [0.25, 0.3) is 0 Å². The van der Waals surface area contributed by atoms with E-state index in [1.165, 1.54) is 19.3 Å². The van der Waals surface area contributed by atoms with Crippen LogP contribution in [0.15, 0.2) is 91.0 Å². The highest BCUT2D eigenvalue weighted by Gasteiger charge is 2.38. The second-order valence-electron chi connectivity index (χ2n) is 12.7. The van der Waals surface area contributed by atoms with Crippen molar-refractivity contribution in [3.63, 3.8) is 0 Å². The average molecular weight is 654 g/mol. The third-order valence-electron chi connectivity index (χ3n) is 7.74. The van der Waals surface area contributed by atoms with E-state index < -0.39 is 32.1 Å². The molecule has 9 heteroatoms. The van der Waals surface area contributed by atoms with Gasteiger partial charge >= 0.3 is 5.97 Å². The van der Waals surface area contributed by atoms with Gasteiger partial charge in [-0.15, -0.1) is 0 Å². The molecule has 0 aliphatic carbocycles. The average Bonchev–Trinajstić information content (AvgIpc) is 3.04. The van der Waals surface area contributed by atoms with Crippen LogP contribution in [0.3, 0.4) is 0 Å². The molecule has 3 aromatic rings. The van der Waals surface area contributed by atoms with Gasteiger partial charge in [0.2, 0.25) is 0 Å². The molecule has 252 valence electrons. The van der Waals surface area contributed by atoms with Crippen molar-refractivity contribution in [1.82, 2.24) is 0 Å². The number of esters is 1. The summed E-state index contributed by atoms with van der Waals surface area (Å²) in [6.07, 6.45) is 6.72. The van der Waals surface area contributed by atoms with Gasteiger partial charge in [-0.25, -0.2) is 0 Å². The summed E-state index contributed by atoms with van der Waals surface area (Å²) in [5.74, 6) is -0.415. The first-order valence-electron chi connectivity index (χ1n) is 16.5. The third kappa shape index (κ3) is 12.7. The van der Waals surface area contributed by atoms with Crippen molar-refractivity contribution >= 4 is 13.8 Å². The Kier molecular flexibility index (Phi) is 15.6. The summed E-state index contributed by atoms with van der Waals surface area (Å²) in [6, 6.07) is 29.5. The lowest BCUT2D eigenvalue weighted by Gasteiger charge is -2.37. The number of unbranched alkanes of at least 4 members (excludes halogenated alkanes) is 6. The Labute approximate surface area is 275 Å². The highest BCUT2D eigenvalue weighted by Crippen LogP contribution is 2.41. The van der Waals surface area contributed by atoms with E-state index in [1.807, 2.05) is 112 Å². The van der Waals surface area contributed by atoms with E-state index in [0.717, 1.165) is 36.0 Å². The highest BCUT2D eigenvalue weighted by atomic mass is 31.2. The van der Waals surface area contributed by atoms with E-state index in [9.17, 15) is 14.3 Å². The second kappa shape index (κ2) is 19.1. The Hall–Kier alpha value is -2.84. The number of carbonyl (C=O) groups excluding carboxylic acids is 1. The summed E-state index contributed by atoms with van der Waals surface area (Å²) in [7, 11) is 1.16. The number of phosphoric ester groups is 1. The van der Waals surface area contributed by atoms with Gasteiger partial charge in [-0.3, -0.25) is 9.36 Å². The van der Waals surface area contributed by atoms with Crippen LogP contribution in [0.2, 0.25) is 0 Å². The number of phosphoric acid groups is 1. The molecule has 0 spiro atoms. The molecule has 0 aromatic heterocycles. The van der Waals surface area contributed by atoms with Crippen molar-refractivity contribution in [2.24, 2.45) is 0 Å². The Morgan fingerprint density at radius 2 is 1.22 bits per heavy atom. The minimum absolute atomic E-state index is 0.0252. The Morgan fingerprint density at radius 1 is 0.739 bits per heavy atom. The molecule has 3 rings (SSSR count). The molecule has 0 fully saturated rings. The fourth-order valence-electron chi connectivity index (χ4n) is 5.21. The first-order valence-corrected chi connectivity index (χ1v) is 17.9. The molecular weight excluding hydrogens is 601 g/mol. The van der Waals surface area contributed by atoms with Crippen molar-refractivity contribution in [2.45, 2.75) is 70.0 Å². The molecule has 0 saturated heterocycles. The van der Waals surface area contributed by atoms with Gasteiger partial charge in [0.15, 0.2) is 0 Å². The lowest BCUT2D eigenvalue weighted by atomic mass is 9.80. The van der Waals surface area contributed by atoms with Gasteiger partial charge in [-0.1, -0.05) is 136 Å². The van der Waals surface area contributed by atoms with Crippen molar-refractivity contribution in [3.8, 4) is 0 Å². The topological polar surface area (TPSA) is 94.1 Å². The summed E-state index contributed by atoms with van der Waals surface area (Å²) >= 11 is 0. The van der Waals surface area contributed by atoms with Gasteiger partial charge in [0.05, 0.1) is 34.4 Å². The predicted octanol–water partition coefficient (Wildman–Crippen LogP) is 7.26. The van der Waals surface area contributed by atoms with Crippen LogP contribution in [0.1, 0.15) is 75.0 Å². The van der Waals surface area contributed by atoms with Gasteiger partial charge in [0.1, 0.15) is 24.9 Å². The molecule has 3 aromatic carbocycles. The SMILES string of the molecule is CCCCCCCCCC(=O)O[C@H](COC(c1ccccc1)(c1ccccc1)c1ccccc1)COP(=O)([O-])OCC[N+](C)(C)C. The number of hydrogen-bond acceptors (Lipinski definition) is 7. The molecule has 0 N–H and O–H groups in total. The van der Waals surface area contributed by atoms with E-state index in [2.05, 4.69) is 6.92 Å². The standard InChI is InChI=1S/C37H52NO7P/c1-5-6-7-8-9-10-20-27-36(39)45-35(31-44-46(40,41)43-29-28-38(2,3)4)30-42-37(32-21-14-11-15-22-32,33-23-16-12-17-24-33)34-25-18-13-19-26-34/h11-19,21-26,35H,5-10,20,27-31H2,1-4H3/t35-/m1/s1. The minimum atomic E-state index is -4.66. The molecular formula is C37H52NO7P. The Balaban J connectivity index is 1.82. The maximum Gasteiger partial charge on any atom is 0.306 e. The zero-order chi connectivity index (χ0) is 33.3. The first kappa shape index (κ1) is 37.6. The number of carbonyl (C=O) groups is 1. The molecule has 0 heterocycles. The van der Waals surface area contributed by atoms with Crippen LogP contribution >= 0.6 is 7.82 Å². The third-order valence-corrected chi connectivity index (χ3v) is 8.70. The summed E-state index contributed by atoms with van der Waals surface area (Å²) in [6.45, 7) is 2.08. The number of hydrogen-bond donors (Lipinski definition) is 0. The highest BCUT2D eigenvalue weighted by molar-refractivity contribution is 7.45. The lowest BCUT2D eigenvalue weighted by Crippen LogP contribution is -2.39. The number of benzene rings is 3. The molecule has 8 nitrogen and oxygen atoms in total. The van der Waals surface area contributed by atoms with E-state index in [0.29, 0.717) is 17.4 Å². The fraction of sp³-hybridized carbons (Fsp3) is 0.486. The van der Waals surface area contributed by atoms with Crippen LogP contribution in [0.4, 0.5) is 0 Å². The summed E-state index contributed by atoms with van der Waals surface area (Å²) in [4.78, 5) is 25.7. The van der Waals surface area contributed by atoms with Crippen molar-refractivity contribution in [1.29, 1.82) is 0 Å². The van der Waals surface area contributed by atoms with Crippen molar-refractivity contribution < 1.29 is 37.3 Å². The van der Waals surface area contributed by atoms with E-state index in [4.69, 9.17) is 18.5 Å². The molecule has 0 aliphatic heterocycles. The molecule has 0 aliphatic rings. The number of ether oxygens (including phenoxy) is 2. The number of quaternary nitrogens is 1. The van der Waals surface area contributed by atoms with Crippen LogP contribution in [-0.4, -0.2) is 64.1 Å². The normalized spacial score (nSPS) is 14.0. The zero-order valence-corrected chi connectivity index (χ0v) is 28.9. The minimum Gasteiger partial charge on any atom is -0.756 e. The number of rotatable bonds is 22. The quantitative estimate of drug-likeness (QED) is 0.0371. The molecule has 46 heavy (non-hydrogen) atoms. The van der Waals surface area contributed by atoms with E-state index in [-0.39, 0.29) is 19.6 Å². The molecule has 0 bridgehead atoms. The molecule has 0 amide bonds. The van der Waals surface area contributed by atoms with E-state index in [1.54, 1.807) is 0 Å². The maximum absolute atomic E-state index is 13.0. The van der Waals surface area contributed by atoms with Gasteiger partial charge < -0.3 is 27.9 Å². The summed E-state index contributed by atoms with van der Waals surface area (Å²) < 4.78 is 36.3. The summed E-state index contributed by atoms with van der Waals surface area (Å²) in [5, 5.41) is 0. The van der Waals surface area contributed by atoms with E-state index >= 15 is 0 Å². The zero-order valence-electron chi connectivity index (χ0n) is 28.0. The fourth-order valence-corrected chi connectivity index (χ4v) is 5.94. The van der Waals surface area contributed by atoms with Crippen LogP contribution in [0.5, 0.6) is 0 Å². The van der Waals surface area contributed by atoms with Crippen molar-refractivity contribution in [3.05, 3.63) is 108 Å². The Morgan fingerprint density at radius 3 is 1.70 bits per heavy atom. The molecule has 0 saturated carbocycles. The van der Waals surface area contributed by atoms with Crippen LogP contribution in [0, 0.1) is 0 Å². The van der Waals surface area contributed by atoms with Gasteiger partial charge in [0, 0.05) is 6.42 Å². The molecule has 2 atom stereocenters. The van der Waals surface area contributed by atoms with Gasteiger partial charge in [-0.2, -0.15) is 0 Å². The molecule has 0 radical (unpaired) electrons. The maximum atomic E-state index is 13.0. The van der Waals surface area contributed by atoms with Gasteiger partial charge in [0.25, 0.3) is 7.82 Å². The van der Waals surface area contributed by atoms with Crippen LogP contribution < -0.4 is 4.89 Å². The number of likely N-dealkylation sites (N-methyl/N-ethyl adjacent to an activating group) is 1. The predicted molar refractivity (Wildman–Crippen MR) is 180 cm³/mol. The lowest BCUT2D eigenvalue weighted by molar-refractivity contribution is -0.870. The summed E-state index contributed by atoms with van der Waals surface area (Å²) in [5.41, 5.74) is 1.55. The largest absolute Gasteiger partial charge is 0.756 e. The smallest absolute Gasteiger partial charge is 0.306 e. The second-order valence-corrected chi connectivity index (χ2v) is 14.1. The van der Waals surface area contributed by atoms with Crippen LogP contribution in [-0.2, 0) is 33.5 Å². The van der Waals surface area contributed by atoms with Crippen molar-refractivity contribution in [2.75, 3.05) is 47.5 Å². The molecule has 1 unspecified atom stereocenters. The number of nitrogens with zero attached hydrogens (tertiary/aromatic N) is 1.